The second-order valence-corrected chi connectivity index (χ2v) is 10.7. The summed E-state index contributed by atoms with van der Waals surface area (Å²) < 4.78 is 1.59. The number of hydrogen-bond donors (Lipinski definition) is 0. The third kappa shape index (κ3) is 3.88. The van der Waals surface area contributed by atoms with Gasteiger partial charge in [0.2, 0.25) is 0 Å². The number of aromatic nitrogens is 3. The van der Waals surface area contributed by atoms with Gasteiger partial charge in [-0.2, -0.15) is 4.98 Å². The van der Waals surface area contributed by atoms with E-state index in [1.807, 2.05) is 72.8 Å². The van der Waals surface area contributed by atoms with Crippen LogP contribution in [0.2, 0.25) is 0 Å². The van der Waals surface area contributed by atoms with Crippen molar-refractivity contribution in [2.24, 2.45) is 0 Å². The third-order valence-electron chi connectivity index (χ3n) is 7.92. The Bertz CT molecular complexity index is 1920. The van der Waals surface area contributed by atoms with Crippen LogP contribution in [0, 0.1) is 0 Å². The Morgan fingerprint density at radius 1 is 0.550 bits per heavy atom. The summed E-state index contributed by atoms with van der Waals surface area (Å²) in [5.74, 6) is 0.975. The largest absolute Gasteiger partial charge is 0.355 e. The summed E-state index contributed by atoms with van der Waals surface area (Å²) in [6.07, 6.45) is 0. The van der Waals surface area contributed by atoms with Crippen LogP contribution in [0.25, 0.3) is 50.7 Å². The summed E-state index contributed by atoms with van der Waals surface area (Å²) in [5, 5.41) is 0. The van der Waals surface area contributed by atoms with Crippen molar-refractivity contribution in [3.63, 3.8) is 0 Å². The zero-order valence-electron chi connectivity index (χ0n) is 22.4. The quantitative estimate of drug-likeness (QED) is 0.239. The molecule has 4 nitrogen and oxygen atoms in total. The van der Waals surface area contributed by atoms with Gasteiger partial charge in [0.05, 0.1) is 5.69 Å². The van der Waals surface area contributed by atoms with Crippen LogP contribution in [0.4, 0.5) is 0 Å². The number of benzene rings is 5. The smallest absolute Gasteiger partial charge is 0.245 e. The van der Waals surface area contributed by atoms with Crippen LogP contribution in [-0.2, 0) is 5.41 Å². The molecule has 1 aliphatic rings. The Hall–Kier alpha value is -5.09. The summed E-state index contributed by atoms with van der Waals surface area (Å²) in [7, 11) is 0. The van der Waals surface area contributed by atoms with Crippen molar-refractivity contribution in [3.05, 3.63) is 149 Å². The molecule has 0 amide bonds. The lowest BCUT2D eigenvalue weighted by atomic mass is 9.81. The average molecular weight is 518 g/mol. The van der Waals surface area contributed by atoms with E-state index in [4.69, 9.17) is 4.98 Å². The van der Waals surface area contributed by atoms with E-state index in [0.717, 1.165) is 27.9 Å². The van der Waals surface area contributed by atoms with Gasteiger partial charge in [0, 0.05) is 16.5 Å². The van der Waals surface area contributed by atoms with Gasteiger partial charge in [-0.1, -0.05) is 123 Å². The summed E-state index contributed by atoms with van der Waals surface area (Å²) in [5.41, 5.74) is 9.52. The first kappa shape index (κ1) is 24.0. The van der Waals surface area contributed by atoms with Crippen LogP contribution < -0.4 is 5.69 Å². The second kappa shape index (κ2) is 9.28. The van der Waals surface area contributed by atoms with Crippen LogP contribution in [-0.4, -0.2) is 14.5 Å². The molecule has 0 N–H and O–H groups in total. The van der Waals surface area contributed by atoms with E-state index in [1.54, 1.807) is 4.57 Å². The van der Waals surface area contributed by atoms with Crippen LogP contribution in [0.15, 0.2) is 132 Å². The summed E-state index contributed by atoms with van der Waals surface area (Å²) in [4.78, 5) is 22.7. The van der Waals surface area contributed by atoms with Gasteiger partial charge in [0.25, 0.3) is 0 Å². The maximum atomic E-state index is 13.5. The predicted octanol–water partition coefficient (Wildman–Crippen LogP) is 7.93. The van der Waals surface area contributed by atoms with E-state index < -0.39 is 0 Å². The molecule has 1 aliphatic carbocycles. The molecule has 0 bridgehead atoms. The Morgan fingerprint density at radius 3 is 1.88 bits per heavy atom. The van der Waals surface area contributed by atoms with E-state index in [9.17, 15) is 4.79 Å². The van der Waals surface area contributed by atoms with Crippen LogP contribution in [0.5, 0.6) is 0 Å². The molecule has 0 aliphatic heterocycles. The molecule has 0 atom stereocenters. The molecule has 1 heterocycles. The van der Waals surface area contributed by atoms with Gasteiger partial charge in [-0.15, -0.1) is 0 Å². The number of rotatable bonds is 4. The lowest BCUT2D eigenvalue weighted by Gasteiger charge is -2.22. The highest BCUT2D eigenvalue weighted by Gasteiger charge is 2.35. The molecule has 4 heteroatoms. The zero-order chi connectivity index (χ0) is 27.3. The van der Waals surface area contributed by atoms with E-state index >= 15 is 0 Å². The first-order valence-corrected chi connectivity index (χ1v) is 13.5. The van der Waals surface area contributed by atoms with E-state index in [2.05, 4.69) is 73.4 Å². The van der Waals surface area contributed by atoms with Gasteiger partial charge in [0.15, 0.2) is 11.6 Å². The minimum absolute atomic E-state index is 0.0579. The van der Waals surface area contributed by atoms with Gasteiger partial charge in [-0.3, -0.25) is 0 Å². The first-order chi connectivity index (χ1) is 19.5. The molecule has 0 fully saturated rings. The molecule has 0 spiro atoms. The fourth-order valence-electron chi connectivity index (χ4n) is 5.82. The minimum Gasteiger partial charge on any atom is -0.245 e. The second-order valence-electron chi connectivity index (χ2n) is 10.7. The number of nitrogens with zero attached hydrogens (tertiary/aromatic N) is 3. The van der Waals surface area contributed by atoms with Gasteiger partial charge in [0.1, 0.15) is 0 Å². The fraction of sp³-hybridized carbons (Fsp3) is 0.0833. The molecule has 7 rings (SSSR count). The van der Waals surface area contributed by atoms with Crippen molar-refractivity contribution in [3.8, 4) is 50.7 Å². The highest BCUT2D eigenvalue weighted by atomic mass is 16.1. The van der Waals surface area contributed by atoms with Crippen molar-refractivity contribution in [2.45, 2.75) is 19.3 Å². The summed E-state index contributed by atoms with van der Waals surface area (Å²) in [6, 6.07) is 42.9. The molecule has 0 radical (unpaired) electrons. The molecular formula is C36H27N3O. The standard InChI is InChI=1S/C36H27N3O/c1-36(2)31-16-10-9-15-29(31)30-22-19-27(23-32(30)36)24-17-20-28(21-18-24)39-34(26-13-7-4-8-14-26)37-33(38-35(39)40)25-11-5-3-6-12-25/h3-23H,1-2H3. The first-order valence-electron chi connectivity index (χ1n) is 13.5. The molecule has 0 saturated carbocycles. The third-order valence-corrected chi connectivity index (χ3v) is 7.92. The monoisotopic (exact) mass is 517 g/mol. The van der Waals surface area contributed by atoms with Crippen molar-refractivity contribution >= 4 is 0 Å². The molecular weight excluding hydrogens is 490 g/mol. The Balaban J connectivity index is 1.31. The van der Waals surface area contributed by atoms with Crippen molar-refractivity contribution < 1.29 is 0 Å². The van der Waals surface area contributed by atoms with E-state index in [0.29, 0.717) is 11.6 Å². The van der Waals surface area contributed by atoms with Crippen molar-refractivity contribution in [2.75, 3.05) is 0 Å². The van der Waals surface area contributed by atoms with Gasteiger partial charge in [-0.25, -0.2) is 14.3 Å². The normalized spacial score (nSPS) is 13.1. The topological polar surface area (TPSA) is 47.8 Å². The van der Waals surface area contributed by atoms with E-state index in [-0.39, 0.29) is 11.1 Å². The number of hydrogen-bond acceptors (Lipinski definition) is 3. The van der Waals surface area contributed by atoms with Crippen LogP contribution in [0.3, 0.4) is 0 Å². The molecule has 5 aromatic carbocycles. The Morgan fingerprint density at radius 2 is 1.15 bits per heavy atom. The van der Waals surface area contributed by atoms with Crippen LogP contribution in [0.1, 0.15) is 25.0 Å². The lowest BCUT2D eigenvalue weighted by molar-refractivity contribution is 0.660. The predicted molar refractivity (Wildman–Crippen MR) is 162 cm³/mol. The Labute approximate surface area is 233 Å². The van der Waals surface area contributed by atoms with Gasteiger partial charge >= 0.3 is 5.69 Å². The molecule has 0 unspecified atom stereocenters. The van der Waals surface area contributed by atoms with Gasteiger partial charge in [-0.05, 0) is 51.6 Å². The summed E-state index contributed by atoms with van der Waals surface area (Å²) >= 11 is 0. The fourth-order valence-corrected chi connectivity index (χ4v) is 5.82. The summed E-state index contributed by atoms with van der Waals surface area (Å²) in [6.45, 7) is 4.59. The van der Waals surface area contributed by atoms with Gasteiger partial charge < -0.3 is 0 Å². The SMILES string of the molecule is CC1(C)c2ccccc2-c2ccc(-c3ccc(-n4c(-c5ccccc5)nc(-c5ccccc5)nc4=O)cc3)cc21. The molecule has 0 saturated heterocycles. The lowest BCUT2D eigenvalue weighted by Crippen LogP contribution is -2.25. The van der Waals surface area contributed by atoms with E-state index in [1.165, 1.54) is 22.3 Å². The highest BCUT2D eigenvalue weighted by Crippen LogP contribution is 2.49. The minimum atomic E-state index is -0.363. The average Bonchev–Trinajstić information content (AvgIpc) is 3.24. The van der Waals surface area contributed by atoms with Crippen LogP contribution >= 0.6 is 0 Å². The maximum Gasteiger partial charge on any atom is 0.355 e. The zero-order valence-corrected chi connectivity index (χ0v) is 22.4. The number of fused-ring (bicyclic) bond motifs is 3. The van der Waals surface area contributed by atoms with Crippen molar-refractivity contribution in [1.29, 1.82) is 0 Å². The molecule has 40 heavy (non-hydrogen) atoms. The molecule has 1 aromatic heterocycles. The maximum absolute atomic E-state index is 13.5. The highest BCUT2D eigenvalue weighted by molar-refractivity contribution is 5.83. The Kier molecular flexibility index (Phi) is 5.56. The molecule has 6 aromatic rings. The molecule has 192 valence electrons. The van der Waals surface area contributed by atoms with Crippen molar-refractivity contribution in [1.82, 2.24) is 14.5 Å².